The van der Waals surface area contributed by atoms with E-state index >= 15 is 0 Å². The van der Waals surface area contributed by atoms with Crippen LogP contribution in [0.5, 0.6) is 0 Å². The van der Waals surface area contributed by atoms with Crippen LogP contribution in [-0.2, 0) is 13.1 Å². The van der Waals surface area contributed by atoms with Crippen molar-refractivity contribution in [3.63, 3.8) is 0 Å². The maximum Gasteiger partial charge on any atom is 0.0759 e. The molecule has 0 radical (unpaired) electrons. The number of hydrogen-bond acceptors (Lipinski definition) is 1. The average Bonchev–Trinajstić information content (AvgIpc) is 2.96. The van der Waals surface area contributed by atoms with Gasteiger partial charge in [-0.15, -0.1) is 0 Å². The van der Waals surface area contributed by atoms with Crippen molar-refractivity contribution in [2.75, 3.05) is 6.54 Å². The van der Waals surface area contributed by atoms with Crippen LogP contribution >= 0.6 is 23.2 Å². The molecule has 128 valence electrons. The molecule has 0 N–H and O–H groups in total. The Bertz CT molecular complexity index is 872. The van der Waals surface area contributed by atoms with Gasteiger partial charge in [0.05, 0.1) is 6.04 Å². The molecule has 4 heteroatoms. The molecule has 0 unspecified atom stereocenters. The summed E-state index contributed by atoms with van der Waals surface area (Å²) in [5.41, 5.74) is 3.79. The van der Waals surface area contributed by atoms with E-state index in [2.05, 4.69) is 52.1 Å². The standard InChI is InChI=1S/C21H20Cl2N2/c22-18-7-1-5-16(13-18)15-25-12-4-11-24-10-3-9-20(24)21(25)17-6-2-8-19(23)14-17/h1-3,5-10,13-14,21H,4,11-12,15H2/t21-/m0/s1. The number of fused-ring (bicyclic) bond motifs is 1. The average molecular weight is 371 g/mol. The van der Waals surface area contributed by atoms with Crippen molar-refractivity contribution in [2.24, 2.45) is 0 Å². The van der Waals surface area contributed by atoms with Crippen molar-refractivity contribution in [3.05, 3.63) is 93.7 Å². The van der Waals surface area contributed by atoms with Gasteiger partial charge in [0.2, 0.25) is 0 Å². The Labute approximate surface area is 158 Å². The van der Waals surface area contributed by atoms with Crippen LogP contribution in [0, 0.1) is 0 Å². The molecular formula is C21H20Cl2N2. The summed E-state index contributed by atoms with van der Waals surface area (Å²) in [6.45, 7) is 2.94. The maximum absolute atomic E-state index is 6.29. The molecular weight excluding hydrogens is 351 g/mol. The molecule has 1 aromatic heterocycles. The number of aryl methyl sites for hydroxylation is 1. The zero-order valence-corrected chi connectivity index (χ0v) is 15.4. The highest BCUT2D eigenvalue weighted by atomic mass is 35.5. The summed E-state index contributed by atoms with van der Waals surface area (Å²) >= 11 is 12.5. The Morgan fingerprint density at radius 1 is 0.880 bits per heavy atom. The Kier molecular flexibility index (Phi) is 4.85. The van der Waals surface area contributed by atoms with Crippen molar-refractivity contribution in [2.45, 2.75) is 25.6 Å². The second kappa shape index (κ2) is 7.25. The SMILES string of the molecule is Clc1cccc(CN2CCCn3cccc3[C@@H]2c2cccc(Cl)c2)c1. The highest BCUT2D eigenvalue weighted by Crippen LogP contribution is 2.34. The van der Waals surface area contributed by atoms with Crippen LogP contribution in [0.3, 0.4) is 0 Å². The van der Waals surface area contributed by atoms with Crippen molar-refractivity contribution in [3.8, 4) is 0 Å². The molecule has 0 bridgehead atoms. The highest BCUT2D eigenvalue weighted by molar-refractivity contribution is 6.30. The van der Waals surface area contributed by atoms with E-state index in [1.807, 2.05) is 24.3 Å². The van der Waals surface area contributed by atoms with Crippen LogP contribution in [0.25, 0.3) is 0 Å². The van der Waals surface area contributed by atoms with Crippen LogP contribution in [0.2, 0.25) is 10.0 Å². The molecule has 3 aromatic rings. The topological polar surface area (TPSA) is 8.17 Å². The zero-order valence-electron chi connectivity index (χ0n) is 13.9. The largest absolute Gasteiger partial charge is 0.350 e. The van der Waals surface area contributed by atoms with E-state index in [0.717, 1.165) is 36.1 Å². The predicted molar refractivity (Wildman–Crippen MR) is 104 cm³/mol. The lowest BCUT2D eigenvalue weighted by atomic mass is 10.0. The molecule has 1 aliphatic rings. The third-order valence-electron chi connectivity index (χ3n) is 4.79. The van der Waals surface area contributed by atoms with Gasteiger partial charge in [-0.25, -0.2) is 0 Å². The predicted octanol–water partition coefficient (Wildman–Crippen LogP) is 5.79. The number of rotatable bonds is 3. The van der Waals surface area contributed by atoms with Gasteiger partial charge in [-0.3, -0.25) is 4.90 Å². The number of halogens is 2. The van der Waals surface area contributed by atoms with E-state index in [0.29, 0.717) is 0 Å². The molecule has 1 atom stereocenters. The van der Waals surface area contributed by atoms with Crippen LogP contribution in [0.15, 0.2) is 66.9 Å². The van der Waals surface area contributed by atoms with Crippen molar-refractivity contribution >= 4 is 23.2 Å². The molecule has 2 heterocycles. The second-order valence-electron chi connectivity index (χ2n) is 6.54. The van der Waals surface area contributed by atoms with Gasteiger partial charge in [0.15, 0.2) is 0 Å². The fraction of sp³-hybridized carbons (Fsp3) is 0.238. The summed E-state index contributed by atoms with van der Waals surface area (Å²) in [5.74, 6) is 0. The van der Waals surface area contributed by atoms with Crippen molar-refractivity contribution in [1.29, 1.82) is 0 Å². The van der Waals surface area contributed by atoms with Crippen LogP contribution in [0.4, 0.5) is 0 Å². The smallest absolute Gasteiger partial charge is 0.0759 e. The van der Waals surface area contributed by atoms with Gasteiger partial charge in [0.1, 0.15) is 0 Å². The monoisotopic (exact) mass is 370 g/mol. The molecule has 0 saturated heterocycles. The lowest BCUT2D eigenvalue weighted by Gasteiger charge is -2.31. The first-order valence-electron chi connectivity index (χ1n) is 8.60. The zero-order chi connectivity index (χ0) is 17.2. The van der Waals surface area contributed by atoms with Gasteiger partial charge < -0.3 is 4.57 Å². The Morgan fingerprint density at radius 2 is 1.68 bits per heavy atom. The Morgan fingerprint density at radius 3 is 2.48 bits per heavy atom. The first-order valence-corrected chi connectivity index (χ1v) is 9.35. The summed E-state index contributed by atoms with van der Waals surface area (Å²) in [4.78, 5) is 2.52. The summed E-state index contributed by atoms with van der Waals surface area (Å²) in [7, 11) is 0. The fourth-order valence-electron chi connectivity index (χ4n) is 3.74. The third kappa shape index (κ3) is 3.62. The van der Waals surface area contributed by atoms with Crippen LogP contribution in [0.1, 0.15) is 29.3 Å². The van der Waals surface area contributed by atoms with E-state index in [1.54, 1.807) is 0 Å². The van der Waals surface area contributed by atoms with Crippen LogP contribution in [-0.4, -0.2) is 16.0 Å². The van der Waals surface area contributed by atoms with E-state index in [4.69, 9.17) is 23.2 Å². The van der Waals surface area contributed by atoms with Gasteiger partial charge in [0, 0.05) is 41.6 Å². The Hall–Kier alpha value is -1.74. The van der Waals surface area contributed by atoms with E-state index in [9.17, 15) is 0 Å². The molecule has 0 saturated carbocycles. The normalized spacial score (nSPS) is 17.9. The molecule has 4 rings (SSSR count). The molecule has 2 nitrogen and oxygen atoms in total. The fourth-order valence-corrected chi connectivity index (χ4v) is 4.15. The van der Waals surface area contributed by atoms with E-state index in [-0.39, 0.29) is 6.04 Å². The maximum atomic E-state index is 6.29. The third-order valence-corrected chi connectivity index (χ3v) is 5.26. The second-order valence-corrected chi connectivity index (χ2v) is 7.41. The lowest BCUT2D eigenvalue weighted by Crippen LogP contribution is -2.29. The number of benzene rings is 2. The number of hydrogen-bond donors (Lipinski definition) is 0. The Balaban J connectivity index is 1.75. The molecule has 25 heavy (non-hydrogen) atoms. The minimum Gasteiger partial charge on any atom is -0.350 e. The minimum atomic E-state index is 0.190. The summed E-state index contributed by atoms with van der Waals surface area (Å²) in [6, 6.07) is 20.9. The summed E-state index contributed by atoms with van der Waals surface area (Å²) in [5, 5.41) is 1.57. The molecule has 0 spiro atoms. The number of nitrogens with zero attached hydrogens (tertiary/aromatic N) is 2. The van der Waals surface area contributed by atoms with Crippen molar-refractivity contribution < 1.29 is 0 Å². The molecule has 0 aliphatic carbocycles. The summed E-state index contributed by atoms with van der Waals surface area (Å²) < 4.78 is 2.36. The first-order chi connectivity index (χ1) is 12.2. The summed E-state index contributed by atoms with van der Waals surface area (Å²) in [6.07, 6.45) is 3.30. The number of aromatic nitrogens is 1. The van der Waals surface area contributed by atoms with Gasteiger partial charge in [-0.05, 0) is 53.9 Å². The van der Waals surface area contributed by atoms with Gasteiger partial charge in [-0.2, -0.15) is 0 Å². The van der Waals surface area contributed by atoms with Crippen LogP contribution < -0.4 is 0 Å². The van der Waals surface area contributed by atoms with Gasteiger partial charge >= 0.3 is 0 Å². The molecule has 1 aliphatic heterocycles. The lowest BCUT2D eigenvalue weighted by molar-refractivity contribution is 0.220. The van der Waals surface area contributed by atoms with E-state index < -0.39 is 0 Å². The van der Waals surface area contributed by atoms with Gasteiger partial charge in [-0.1, -0.05) is 47.5 Å². The quantitative estimate of drug-likeness (QED) is 0.566. The van der Waals surface area contributed by atoms with Crippen molar-refractivity contribution in [1.82, 2.24) is 9.47 Å². The highest BCUT2D eigenvalue weighted by Gasteiger charge is 2.27. The molecule has 0 amide bonds. The first kappa shape index (κ1) is 16.7. The molecule has 0 fully saturated rings. The van der Waals surface area contributed by atoms with E-state index in [1.165, 1.54) is 16.8 Å². The van der Waals surface area contributed by atoms with Gasteiger partial charge in [0.25, 0.3) is 0 Å². The molecule has 2 aromatic carbocycles. The minimum absolute atomic E-state index is 0.190.